The first kappa shape index (κ1) is 15.5. The third kappa shape index (κ3) is 2.80. The number of fused-ring (bicyclic) bond motifs is 1. The third-order valence-corrected chi connectivity index (χ3v) is 4.08. The van der Waals surface area contributed by atoms with E-state index in [1.807, 2.05) is 0 Å². The summed E-state index contributed by atoms with van der Waals surface area (Å²) in [4.78, 5) is 24.9. The van der Waals surface area contributed by atoms with Gasteiger partial charge in [-0.3, -0.25) is 4.79 Å². The molecular weight excluding hydrogens is 312 g/mol. The second-order valence-corrected chi connectivity index (χ2v) is 5.52. The van der Waals surface area contributed by atoms with Crippen molar-refractivity contribution in [3.05, 3.63) is 23.8 Å². The Kier molecular flexibility index (Phi) is 3.62. The lowest BCUT2D eigenvalue weighted by atomic mass is 9.96. The SMILES string of the molecule is COC(=O)C1CC(c2ccc3c(c2)OC(F)(F)O3)CN1C(C)=O. The second kappa shape index (κ2) is 5.36. The Morgan fingerprint density at radius 3 is 2.65 bits per heavy atom. The minimum Gasteiger partial charge on any atom is -0.467 e. The van der Waals surface area contributed by atoms with Crippen LogP contribution in [0, 0.1) is 0 Å². The van der Waals surface area contributed by atoms with Gasteiger partial charge < -0.3 is 19.1 Å². The Bertz CT molecular complexity index is 663. The highest BCUT2D eigenvalue weighted by Crippen LogP contribution is 2.43. The van der Waals surface area contributed by atoms with E-state index in [-0.39, 0.29) is 23.3 Å². The van der Waals surface area contributed by atoms with Crippen LogP contribution in [0.5, 0.6) is 11.5 Å². The highest BCUT2D eigenvalue weighted by atomic mass is 19.3. The Morgan fingerprint density at radius 2 is 2.00 bits per heavy atom. The molecule has 0 aliphatic carbocycles. The molecule has 124 valence electrons. The Balaban J connectivity index is 1.84. The number of likely N-dealkylation sites (tertiary alicyclic amines) is 1. The zero-order valence-corrected chi connectivity index (χ0v) is 12.5. The molecule has 1 fully saturated rings. The summed E-state index contributed by atoms with van der Waals surface area (Å²) in [6.07, 6.45) is -3.31. The molecule has 23 heavy (non-hydrogen) atoms. The van der Waals surface area contributed by atoms with Gasteiger partial charge in [0, 0.05) is 19.4 Å². The fourth-order valence-corrected chi connectivity index (χ4v) is 3.00. The summed E-state index contributed by atoms with van der Waals surface area (Å²) in [5.41, 5.74) is 0.697. The molecule has 2 aliphatic rings. The number of carbonyl (C=O) groups is 2. The van der Waals surface area contributed by atoms with E-state index in [2.05, 4.69) is 9.47 Å². The summed E-state index contributed by atoms with van der Waals surface area (Å²) >= 11 is 0. The van der Waals surface area contributed by atoms with Crippen LogP contribution >= 0.6 is 0 Å². The Labute approximate surface area is 130 Å². The van der Waals surface area contributed by atoms with Crippen molar-refractivity contribution in [2.75, 3.05) is 13.7 Å². The minimum atomic E-state index is -3.67. The van der Waals surface area contributed by atoms with Crippen LogP contribution in [0.4, 0.5) is 8.78 Å². The molecule has 0 saturated carbocycles. The normalized spacial score (nSPS) is 24.6. The van der Waals surface area contributed by atoms with Gasteiger partial charge in [0.1, 0.15) is 6.04 Å². The van der Waals surface area contributed by atoms with Crippen molar-refractivity contribution in [3.8, 4) is 11.5 Å². The zero-order valence-electron chi connectivity index (χ0n) is 12.5. The average molecular weight is 327 g/mol. The number of hydrogen-bond acceptors (Lipinski definition) is 5. The van der Waals surface area contributed by atoms with E-state index in [1.165, 1.54) is 31.1 Å². The van der Waals surface area contributed by atoms with Crippen LogP contribution in [-0.4, -0.2) is 42.8 Å². The lowest BCUT2D eigenvalue weighted by Gasteiger charge is -2.20. The maximum absolute atomic E-state index is 13.1. The number of alkyl halides is 2. The topological polar surface area (TPSA) is 65.1 Å². The number of benzene rings is 1. The fraction of sp³-hybridized carbons (Fsp3) is 0.467. The lowest BCUT2D eigenvalue weighted by molar-refractivity contribution is -0.286. The number of methoxy groups -OCH3 is 1. The maximum atomic E-state index is 13.1. The van der Waals surface area contributed by atoms with Crippen molar-refractivity contribution in [2.45, 2.75) is 31.6 Å². The van der Waals surface area contributed by atoms with Crippen LogP contribution < -0.4 is 9.47 Å². The summed E-state index contributed by atoms with van der Waals surface area (Å²) in [5, 5.41) is 0. The molecule has 0 bridgehead atoms. The molecule has 0 spiro atoms. The van der Waals surface area contributed by atoms with Gasteiger partial charge in [-0.25, -0.2) is 4.79 Å². The van der Waals surface area contributed by atoms with Gasteiger partial charge in [-0.2, -0.15) is 0 Å². The van der Waals surface area contributed by atoms with Crippen LogP contribution in [0.15, 0.2) is 18.2 Å². The Hall–Kier alpha value is -2.38. The molecule has 2 aliphatic heterocycles. The predicted molar refractivity (Wildman–Crippen MR) is 73.2 cm³/mol. The number of ether oxygens (including phenoxy) is 3. The van der Waals surface area contributed by atoms with E-state index in [1.54, 1.807) is 6.07 Å². The summed E-state index contributed by atoms with van der Waals surface area (Å²) in [7, 11) is 1.26. The lowest BCUT2D eigenvalue weighted by Crippen LogP contribution is -2.39. The predicted octanol–water partition coefficient (Wildman–Crippen LogP) is 1.89. The van der Waals surface area contributed by atoms with Gasteiger partial charge >= 0.3 is 12.3 Å². The van der Waals surface area contributed by atoms with Crippen molar-refractivity contribution in [3.63, 3.8) is 0 Å². The smallest absolute Gasteiger partial charge is 0.467 e. The van der Waals surface area contributed by atoms with Crippen molar-refractivity contribution in [1.82, 2.24) is 4.90 Å². The molecule has 2 heterocycles. The number of hydrogen-bond donors (Lipinski definition) is 0. The highest BCUT2D eigenvalue weighted by Gasteiger charge is 2.44. The summed E-state index contributed by atoms with van der Waals surface area (Å²) in [6.45, 7) is 1.68. The molecule has 1 amide bonds. The largest absolute Gasteiger partial charge is 0.586 e. The minimum absolute atomic E-state index is 0.0373. The van der Waals surface area contributed by atoms with Crippen LogP contribution in [0.1, 0.15) is 24.8 Å². The average Bonchev–Trinajstić information content (AvgIpc) is 3.04. The highest BCUT2D eigenvalue weighted by molar-refractivity contribution is 5.84. The third-order valence-electron chi connectivity index (χ3n) is 4.08. The number of halogens is 2. The van der Waals surface area contributed by atoms with Crippen molar-refractivity contribution >= 4 is 11.9 Å². The summed E-state index contributed by atoms with van der Waals surface area (Å²) in [5.74, 6) is -0.996. The van der Waals surface area contributed by atoms with Gasteiger partial charge in [-0.15, -0.1) is 8.78 Å². The number of esters is 1. The van der Waals surface area contributed by atoms with E-state index in [4.69, 9.17) is 4.74 Å². The first-order valence-corrected chi connectivity index (χ1v) is 7.05. The molecule has 0 aromatic heterocycles. The molecule has 2 unspecified atom stereocenters. The molecule has 1 aromatic carbocycles. The summed E-state index contributed by atoms with van der Waals surface area (Å²) < 4.78 is 39.7. The first-order valence-electron chi connectivity index (χ1n) is 7.05. The van der Waals surface area contributed by atoms with Crippen LogP contribution in [0.3, 0.4) is 0 Å². The van der Waals surface area contributed by atoms with E-state index < -0.39 is 18.3 Å². The molecule has 1 aromatic rings. The Morgan fingerprint density at radius 1 is 1.30 bits per heavy atom. The molecule has 0 N–H and O–H groups in total. The summed E-state index contributed by atoms with van der Waals surface area (Å²) in [6, 6.07) is 3.81. The van der Waals surface area contributed by atoms with Gasteiger partial charge in [-0.1, -0.05) is 6.07 Å². The van der Waals surface area contributed by atoms with Gasteiger partial charge in [-0.05, 0) is 24.1 Å². The van der Waals surface area contributed by atoms with Gasteiger partial charge in [0.25, 0.3) is 0 Å². The standard InChI is InChI=1S/C15H15F2NO5/c1-8(19)18-7-10(5-11(18)14(20)21-2)9-3-4-12-13(6-9)23-15(16,17)22-12/h3-4,6,10-11H,5,7H2,1-2H3. The molecule has 1 saturated heterocycles. The molecule has 3 rings (SSSR count). The van der Waals surface area contributed by atoms with Crippen molar-refractivity contribution < 1.29 is 32.6 Å². The van der Waals surface area contributed by atoms with E-state index in [9.17, 15) is 18.4 Å². The monoisotopic (exact) mass is 327 g/mol. The van der Waals surface area contributed by atoms with E-state index >= 15 is 0 Å². The fourth-order valence-electron chi connectivity index (χ4n) is 3.00. The molecule has 2 atom stereocenters. The van der Waals surface area contributed by atoms with Crippen LogP contribution in [0.25, 0.3) is 0 Å². The molecule has 6 nitrogen and oxygen atoms in total. The molecular formula is C15H15F2NO5. The maximum Gasteiger partial charge on any atom is 0.586 e. The molecule has 0 radical (unpaired) electrons. The van der Waals surface area contributed by atoms with Crippen molar-refractivity contribution in [1.29, 1.82) is 0 Å². The second-order valence-electron chi connectivity index (χ2n) is 5.52. The van der Waals surface area contributed by atoms with E-state index in [0.29, 0.717) is 18.5 Å². The van der Waals surface area contributed by atoms with Crippen LogP contribution in [0.2, 0.25) is 0 Å². The van der Waals surface area contributed by atoms with Crippen LogP contribution in [-0.2, 0) is 14.3 Å². The number of carbonyl (C=O) groups excluding carboxylic acids is 2. The quantitative estimate of drug-likeness (QED) is 0.776. The zero-order chi connectivity index (χ0) is 16.8. The number of rotatable bonds is 2. The van der Waals surface area contributed by atoms with Gasteiger partial charge in [0.2, 0.25) is 5.91 Å². The number of nitrogens with zero attached hydrogens (tertiary/aromatic N) is 1. The van der Waals surface area contributed by atoms with Crippen molar-refractivity contribution in [2.24, 2.45) is 0 Å². The van der Waals surface area contributed by atoms with Gasteiger partial charge in [0.05, 0.1) is 7.11 Å². The van der Waals surface area contributed by atoms with Gasteiger partial charge in [0.15, 0.2) is 11.5 Å². The number of amides is 1. The molecule has 8 heteroatoms. The first-order chi connectivity index (χ1) is 10.8. The van der Waals surface area contributed by atoms with E-state index in [0.717, 1.165) is 0 Å².